The third-order valence-corrected chi connectivity index (χ3v) is 5.06. The number of fused-ring (bicyclic) bond motifs is 1. The van der Waals surface area contributed by atoms with E-state index in [0.717, 1.165) is 17.7 Å². The number of aliphatic carboxylic acids is 1. The van der Waals surface area contributed by atoms with E-state index < -0.39 is 5.97 Å². The molecule has 0 bridgehead atoms. The van der Waals surface area contributed by atoms with Crippen molar-refractivity contribution in [1.29, 1.82) is 0 Å². The highest BCUT2D eigenvalue weighted by Crippen LogP contribution is 2.34. The molecule has 1 fully saturated rings. The maximum Gasteiger partial charge on any atom is 0.303 e. The highest BCUT2D eigenvalue weighted by atomic mass is 32.1. The molecule has 3 rings (SSSR count). The van der Waals surface area contributed by atoms with Crippen molar-refractivity contribution in [3.8, 4) is 0 Å². The number of carbonyl (C=O) groups is 1. The Hall–Kier alpha value is -1.07. The Bertz CT molecular complexity index is 567. The van der Waals surface area contributed by atoms with E-state index >= 15 is 0 Å². The van der Waals surface area contributed by atoms with E-state index in [-0.39, 0.29) is 0 Å². The van der Waals surface area contributed by atoms with Crippen LogP contribution in [0.15, 0.2) is 23.7 Å². The first-order valence-electron chi connectivity index (χ1n) is 6.26. The molecule has 0 amide bonds. The minimum absolute atomic E-state index is 0.300. The number of carboxylic acids is 1. The van der Waals surface area contributed by atoms with Crippen LogP contribution in [0.25, 0.3) is 10.2 Å². The minimum Gasteiger partial charge on any atom is -0.481 e. The lowest BCUT2D eigenvalue weighted by molar-refractivity contribution is -0.138. The molecule has 0 spiro atoms. The van der Waals surface area contributed by atoms with Crippen molar-refractivity contribution in [2.45, 2.75) is 31.4 Å². The summed E-state index contributed by atoms with van der Waals surface area (Å²) < 4.78 is 0. The van der Waals surface area contributed by atoms with Crippen LogP contribution in [0.4, 0.5) is 0 Å². The van der Waals surface area contributed by atoms with Crippen molar-refractivity contribution in [3.05, 3.63) is 29.3 Å². The van der Waals surface area contributed by atoms with Crippen molar-refractivity contribution in [1.82, 2.24) is 4.98 Å². The number of carboxylic acid groups (broad SMARTS) is 1. The molecule has 0 saturated heterocycles. The van der Waals surface area contributed by atoms with Gasteiger partial charge in [-0.05, 0) is 42.7 Å². The van der Waals surface area contributed by atoms with Gasteiger partial charge in [0, 0.05) is 23.3 Å². The fraction of sp³-hybridized carbons (Fsp3) is 0.429. The van der Waals surface area contributed by atoms with Gasteiger partial charge in [-0.15, -0.1) is 11.3 Å². The van der Waals surface area contributed by atoms with Gasteiger partial charge in [0.15, 0.2) is 0 Å². The maximum absolute atomic E-state index is 10.1. The lowest BCUT2D eigenvalue weighted by Gasteiger charge is -2.31. The van der Waals surface area contributed by atoms with Gasteiger partial charge in [-0.2, -0.15) is 12.6 Å². The van der Waals surface area contributed by atoms with Gasteiger partial charge in [0.25, 0.3) is 0 Å². The molecule has 1 saturated carbocycles. The van der Waals surface area contributed by atoms with Gasteiger partial charge in [-0.3, -0.25) is 4.79 Å². The Morgan fingerprint density at radius 3 is 2.84 bits per heavy atom. The average molecular weight is 295 g/mol. The predicted octanol–water partition coefficient (Wildman–Crippen LogP) is 3.77. The van der Waals surface area contributed by atoms with Crippen LogP contribution in [-0.4, -0.2) is 21.3 Å². The number of aryl methyl sites for hydroxylation is 1. The molecule has 1 aliphatic carbocycles. The summed E-state index contributed by atoms with van der Waals surface area (Å²) in [5.74, 6) is -0.357. The summed E-state index contributed by atoms with van der Waals surface area (Å²) in [6.07, 6.45) is 4.26. The molecule has 2 unspecified atom stereocenters. The summed E-state index contributed by atoms with van der Waals surface area (Å²) in [7, 11) is 0. The summed E-state index contributed by atoms with van der Waals surface area (Å²) in [5.41, 5.74) is 1.33. The van der Waals surface area contributed by atoms with E-state index in [4.69, 9.17) is 5.11 Å². The molecule has 5 heteroatoms. The maximum atomic E-state index is 10.1. The van der Waals surface area contributed by atoms with Crippen LogP contribution >= 0.6 is 24.0 Å². The average Bonchev–Trinajstić information content (AvgIpc) is 2.77. The van der Waals surface area contributed by atoms with Gasteiger partial charge in [0.2, 0.25) is 0 Å². The van der Waals surface area contributed by atoms with Gasteiger partial charge in [-0.25, -0.2) is 4.98 Å². The molecule has 0 aromatic carbocycles. The minimum atomic E-state index is -0.696. The first-order chi connectivity index (χ1) is 9.08. The quantitative estimate of drug-likeness (QED) is 0.829. The zero-order chi connectivity index (χ0) is 13.8. The zero-order valence-electron chi connectivity index (χ0n) is 10.7. The van der Waals surface area contributed by atoms with Crippen LogP contribution < -0.4 is 0 Å². The number of rotatable bonds is 2. The topological polar surface area (TPSA) is 50.2 Å². The predicted molar refractivity (Wildman–Crippen MR) is 82.1 cm³/mol. The molecule has 3 nitrogen and oxygen atoms in total. The van der Waals surface area contributed by atoms with Crippen molar-refractivity contribution in [2.24, 2.45) is 5.92 Å². The normalized spacial score (nSPS) is 21.4. The Kier molecular flexibility index (Phi) is 4.82. The van der Waals surface area contributed by atoms with E-state index in [1.54, 1.807) is 11.3 Å². The van der Waals surface area contributed by atoms with E-state index in [1.807, 2.05) is 12.3 Å². The van der Waals surface area contributed by atoms with E-state index in [1.165, 1.54) is 10.9 Å². The van der Waals surface area contributed by atoms with Crippen LogP contribution in [0.2, 0.25) is 0 Å². The molecule has 2 atom stereocenters. The standard InChI is InChI=1S/C8H7NS.C6H10O2S/c1-6-5-10-8-7(6)3-2-4-9-8;7-6(8)3-4-1-2-5(4)9/h2-5H,1H3;4-5,9H,1-3H2,(H,7,8). The van der Waals surface area contributed by atoms with Gasteiger partial charge in [-0.1, -0.05) is 6.07 Å². The molecular formula is C14H17NO2S2. The Balaban J connectivity index is 0.000000141. The molecule has 0 radical (unpaired) electrons. The van der Waals surface area contributed by atoms with Gasteiger partial charge in [0.1, 0.15) is 4.83 Å². The van der Waals surface area contributed by atoms with Crippen LogP contribution in [0.1, 0.15) is 24.8 Å². The van der Waals surface area contributed by atoms with Crippen LogP contribution in [0.3, 0.4) is 0 Å². The number of thiophene rings is 1. The lowest BCUT2D eigenvalue weighted by Crippen LogP contribution is -2.28. The highest BCUT2D eigenvalue weighted by Gasteiger charge is 2.29. The van der Waals surface area contributed by atoms with E-state index in [9.17, 15) is 4.79 Å². The highest BCUT2D eigenvalue weighted by molar-refractivity contribution is 7.81. The fourth-order valence-corrected chi connectivity index (χ4v) is 3.30. The molecule has 2 heterocycles. The van der Waals surface area contributed by atoms with E-state index in [0.29, 0.717) is 17.6 Å². The summed E-state index contributed by atoms with van der Waals surface area (Å²) in [4.78, 5) is 15.5. The molecular weight excluding hydrogens is 278 g/mol. The lowest BCUT2D eigenvalue weighted by atomic mass is 9.82. The fourth-order valence-electron chi connectivity index (χ4n) is 2.01. The van der Waals surface area contributed by atoms with Crippen molar-refractivity contribution >= 4 is 40.2 Å². The largest absolute Gasteiger partial charge is 0.481 e. The Morgan fingerprint density at radius 2 is 2.37 bits per heavy atom. The van der Waals surface area contributed by atoms with Crippen LogP contribution in [0, 0.1) is 12.8 Å². The molecule has 1 N–H and O–H groups in total. The van der Waals surface area contributed by atoms with Crippen LogP contribution in [-0.2, 0) is 4.79 Å². The van der Waals surface area contributed by atoms with E-state index in [2.05, 4.69) is 36.0 Å². The molecule has 1 aliphatic rings. The first-order valence-corrected chi connectivity index (χ1v) is 7.66. The smallest absolute Gasteiger partial charge is 0.303 e. The number of nitrogens with zero attached hydrogens (tertiary/aromatic N) is 1. The first kappa shape index (κ1) is 14.3. The third-order valence-electron chi connectivity index (χ3n) is 3.36. The number of hydrogen-bond acceptors (Lipinski definition) is 4. The summed E-state index contributed by atoms with van der Waals surface area (Å²) in [6, 6.07) is 4.08. The molecule has 2 aromatic rings. The summed E-state index contributed by atoms with van der Waals surface area (Å²) >= 11 is 5.89. The molecule has 19 heavy (non-hydrogen) atoms. The zero-order valence-corrected chi connectivity index (χ0v) is 12.5. The van der Waals surface area contributed by atoms with Crippen LogP contribution in [0.5, 0.6) is 0 Å². The van der Waals surface area contributed by atoms with Crippen molar-refractivity contribution in [3.63, 3.8) is 0 Å². The molecule has 102 valence electrons. The number of aromatic nitrogens is 1. The Labute approximate surface area is 122 Å². The summed E-state index contributed by atoms with van der Waals surface area (Å²) in [5, 5.41) is 12.1. The van der Waals surface area contributed by atoms with Gasteiger partial charge >= 0.3 is 5.97 Å². The number of hydrogen-bond donors (Lipinski definition) is 2. The second-order valence-corrected chi connectivity index (χ2v) is 6.30. The summed E-state index contributed by atoms with van der Waals surface area (Å²) in [6.45, 7) is 2.11. The SMILES string of the molecule is Cc1csc2ncccc12.O=C(O)CC1CCC1S. The van der Waals surface area contributed by atoms with Crippen molar-refractivity contribution in [2.75, 3.05) is 0 Å². The van der Waals surface area contributed by atoms with Gasteiger partial charge in [0.05, 0.1) is 0 Å². The second kappa shape index (κ2) is 6.39. The Morgan fingerprint density at radius 1 is 1.58 bits per heavy atom. The third kappa shape index (κ3) is 3.70. The molecule has 2 aromatic heterocycles. The molecule has 0 aliphatic heterocycles. The number of thiol groups is 1. The number of pyridine rings is 1. The van der Waals surface area contributed by atoms with Crippen molar-refractivity contribution < 1.29 is 9.90 Å². The second-order valence-electron chi connectivity index (χ2n) is 4.78. The monoisotopic (exact) mass is 295 g/mol. The van der Waals surface area contributed by atoms with Gasteiger partial charge < -0.3 is 5.11 Å².